The molecule has 0 saturated carbocycles. The summed E-state index contributed by atoms with van der Waals surface area (Å²) in [4.78, 5) is 34.7. The molecule has 0 saturated heterocycles. The van der Waals surface area contributed by atoms with E-state index in [0.29, 0.717) is 16.5 Å². The highest BCUT2D eigenvalue weighted by Crippen LogP contribution is 2.40. The lowest BCUT2D eigenvalue weighted by molar-refractivity contribution is -0.395. The quantitative estimate of drug-likeness (QED) is 0.564. The Morgan fingerprint density at radius 1 is 1.31 bits per heavy atom. The molecule has 3 rings (SSSR count). The number of nitro groups is 2. The summed E-state index contributed by atoms with van der Waals surface area (Å²) < 4.78 is 0. The lowest BCUT2D eigenvalue weighted by atomic mass is 9.86. The predicted octanol–water partition coefficient (Wildman–Crippen LogP) is 4.51. The average Bonchev–Trinajstić information content (AvgIpc) is 3.03. The van der Waals surface area contributed by atoms with Gasteiger partial charge in [0, 0.05) is 17.0 Å². The second-order valence-electron chi connectivity index (χ2n) is 6.94. The standard InChI is InChI=1S/C19H18N4O5S/c1-3-11-4-5-13-14(9-20)19(29-17(13)6-11)21-18(24)12-7-15(22(25)26)10(2)16(8-12)23(27)28/h7-8,11H,3-6H2,1-2H3,(H,21,24)/t11-/m0/s1. The molecule has 1 aromatic carbocycles. The van der Waals surface area contributed by atoms with Crippen LogP contribution in [0.4, 0.5) is 16.4 Å². The van der Waals surface area contributed by atoms with Gasteiger partial charge in [0.05, 0.1) is 21.0 Å². The summed E-state index contributed by atoms with van der Waals surface area (Å²) in [5.74, 6) is -0.183. The number of benzene rings is 1. The van der Waals surface area contributed by atoms with E-state index in [4.69, 9.17) is 0 Å². The van der Waals surface area contributed by atoms with Crippen molar-refractivity contribution >= 4 is 33.6 Å². The molecule has 1 amide bonds. The molecule has 0 bridgehead atoms. The Kier molecular flexibility index (Phi) is 5.61. The molecule has 1 N–H and O–H groups in total. The number of carbonyl (C=O) groups excluding carboxylic acids is 1. The molecule has 9 nitrogen and oxygen atoms in total. The first-order valence-electron chi connectivity index (χ1n) is 9.06. The molecule has 1 heterocycles. The number of nitrogens with zero attached hydrogens (tertiary/aromatic N) is 3. The van der Waals surface area contributed by atoms with Crippen LogP contribution in [0.2, 0.25) is 0 Å². The first-order chi connectivity index (χ1) is 13.8. The lowest BCUT2D eigenvalue weighted by Crippen LogP contribution is -2.13. The Balaban J connectivity index is 1.98. The average molecular weight is 414 g/mol. The number of hydrogen-bond acceptors (Lipinski definition) is 7. The Morgan fingerprint density at radius 3 is 2.45 bits per heavy atom. The molecule has 0 fully saturated rings. The van der Waals surface area contributed by atoms with Crippen LogP contribution in [0.5, 0.6) is 0 Å². The van der Waals surface area contributed by atoms with Crippen molar-refractivity contribution in [2.75, 3.05) is 5.32 Å². The smallest absolute Gasteiger partial charge is 0.279 e. The minimum absolute atomic E-state index is 0.119. The van der Waals surface area contributed by atoms with Crippen molar-refractivity contribution in [1.29, 1.82) is 5.26 Å². The fourth-order valence-electron chi connectivity index (χ4n) is 3.58. The number of thiophene rings is 1. The van der Waals surface area contributed by atoms with E-state index in [1.807, 2.05) is 0 Å². The first-order valence-corrected chi connectivity index (χ1v) is 9.87. The van der Waals surface area contributed by atoms with Gasteiger partial charge in [-0.2, -0.15) is 5.26 Å². The summed E-state index contributed by atoms with van der Waals surface area (Å²) in [5, 5.41) is 35.0. The van der Waals surface area contributed by atoms with Gasteiger partial charge >= 0.3 is 0 Å². The third-order valence-corrected chi connectivity index (χ3v) is 6.46. The minimum Gasteiger partial charge on any atom is -0.312 e. The van der Waals surface area contributed by atoms with Gasteiger partial charge in [-0.1, -0.05) is 13.3 Å². The lowest BCUT2D eigenvalue weighted by Gasteiger charge is -2.20. The van der Waals surface area contributed by atoms with Crippen LogP contribution >= 0.6 is 11.3 Å². The van der Waals surface area contributed by atoms with Gasteiger partial charge in [-0.05, 0) is 37.7 Å². The molecule has 0 radical (unpaired) electrons. The number of amides is 1. The maximum Gasteiger partial charge on any atom is 0.279 e. The monoisotopic (exact) mass is 414 g/mol. The zero-order valence-electron chi connectivity index (χ0n) is 15.9. The third-order valence-electron chi connectivity index (χ3n) is 5.29. The van der Waals surface area contributed by atoms with Crippen molar-refractivity contribution in [2.24, 2.45) is 5.92 Å². The highest BCUT2D eigenvalue weighted by molar-refractivity contribution is 7.16. The zero-order chi connectivity index (χ0) is 21.3. The fourth-order valence-corrected chi connectivity index (χ4v) is 4.89. The molecule has 150 valence electrons. The fraction of sp³-hybridized carbons (Fsp3) is 0.368. The number of carbonyl (C=O) groups is 1. The summed E-state index contributed by atoms with van der Waals surface area (Å²) >= 11 is 1.33. The van der Waals surface area contributed by atoms with Gasteiger partial charge in [0.1, 0.15) is 16.6 Å². The summed E-state index contributed by atoms with van der Waals surface area (Å²) in [7, 11) is 0. The van der Waals surface area contributed by atoms with Crippen LogP contribution in [-0.2, 0) is 12.8 Å². The summed E-state index contributed by atoms with van der Waals surface area (Å²) in [6.07, 6.45) is 3.64. The van der Waals surface area contributed by atoms with Crippen LogP contribution in [0.15, 0.2) is 12.1 Å². The second kappa shape index (κ2) is 7.97. The first kappa shape index (κ1) is 20.4. The van der Waals surface area contributed by atoms with E-state index in [2.05, 4.69) is 18.3 Å². The van der Waals surface area contributed by atoms with E-state index < -0.39 is 27.1 Å². The molecule has 0 spiro atoms. The molecule has 1 atom stereocenters. The molecule has 0 aliphatic heterocycles. The van der Waals surface area contributed by atoms with Crippen molar-refractivity contribution in [3.8, 4) is 6.07 Å². The number of anilines is 1. The summed E-state index contributed by atoms with van der Waals surface area (Å²) in [5.41, 5.74) is 0.0340. The normalized spacial score (nSPS) is 15.3. The van der Waals surface area contributed by atoms with E-state index in [1.165, 1.54) is 18.3 Å². The van der Waals surface area contributed by atoms with Crippen LogP contribution in [0.25, 0.3) is 0 Å². The molecule has 1 aliphatic rings. The second-order valence-corrected chi connectivity index (χ2v) is 8.05. The van der Waals surface area contributed by atoms with Crippen molar-refractivity contribution < 1.29 is 14.6 Å². The molecular weight excluding hydrogens is 396 g/mol. The topological polar surface area (TPSA) is 139 Å². The van der Waals surface area contributed by atoms with Gasteiger partial charge in [-0.15, -0.1) is 11.3 Å². The van der Waals surface area contributed by atoms with Crippen LogP contribution in [0.1, 0.15) is 51.7 Å². The number of rotatable bonds is 5. The van der Waals surface area contributed by atoms with E-state index >= 15 is 0 Å². The van der Waals surface area contributed by atoms with E-state index in [9.17, 15) is 30.3 Å². The maximum atomic E-state index is 12.7. The molecule has 10 heteroatoms. The van der Waals surface area contributed by atoms with Crippen molar-refractivity contribution in [2.45, 2.75) is 39.5 Å². The number of hydrogen-bond donors (Lipinski definition) is 1. The van der Waals surface area contributed by atoms with Crippen LogP contribution in [0, 0.1) is 44.4 Å². The molecule has 0 unspecified atom stereocenters. The van der Waals surface area contributed by atoms with Crippen molar-refractivity contribution in [3.63, 3.8) is 0 Å². The van der Waals surface area contributed by atoms with Gasteiger partial charge in [0.2, 0.25) is 0 Å². The third kappa shape index (κ3) is 3.82. The summed E-state index contributed by atoms with van der Waals surface area (Å²) in [6, 6.07) is 4.18. The van der Waals surface area contributed by atoms with Crippen LogP contribution < -0.4 is 5.32 Å². The predicted molar refractivity (Wildman–Crippen MR) is 107 cm³/mol. The molecule has 1 aliphatic carbocycles. The summed E-state index contributed by atoms with van der Waals surface area (Å²) in [6.45, 7) is 3.39. The van der Waals surface area contributed by atoms with Crippen LogP contribution in [0.3, 0.4) is 0 Å². The van der Waals surface area contributed by atoms with Gasteiger partial charge in [0.15, 0.2) is 0 Å². The van der Waals surface area contributed by atoms with Crippen molar-refractivity contribution in [3.05, 3.63) is 59.5 Å². The largest absolute Gasteiger partial charge is 0.312 e. The zero-order valence-corrected chi connectivity index (χ0v) is 16.7. The molecule has 1 aromatic heterocycles. The maximum absolute atomic E-state index is 12.7. The SMILES string of the molecule is CC[C@H]1CCc2c(sc(NC(=O)c3cc([N+](=O)[O-])c(C)c([N+](=O)[O-])c3)c2C#N)C1. The van der Waals surface area contributed by atoms with E-state index in [-0.39, 0.29) is 11.1 Å². The van der Waals surface area contributed by atoms with E-state index in [1.54, 1.807) is 0 Å². The number of nitrogens with one attached hydrogen (secondary N) is 1. The Labute approximate surface area is 170 Å². The van der Waals surface area contributed by atoms with Gasteiger partial charge in [-0.3, -0.25) is 25.0 Å². The number of nitro benzene ring substituents is 2. The highest BCUT2D eigenvalue weighted by atomic mass is 32.1. The molecule has 2 aromatic rings. The molecular formula is C19H18N4O5S. The number of nitriles is 1. The van der Waals surface area contributed by atoms with Crippen molar-refractivity contribution in [1.82, 2.24) is 0 Å². The highest BCUT2D eigenvalue weighted by Gasteiger charge is 2.28. The molecule has 29 heavy (non-hydrogen) atoms. The Hall–Kier alpha value is -3.32. The van der Waals surface area contributed by atoms with Gasteiger partial charge in [0.25, 0.3) is 17.3 Å². The Bertz CT molecular complexity index is 1030. The minimum atomic E-state index is -0.755. The van der Waals surface area contributed by atoms with Crippen LogP contribution in [-0.4, -0.2) is 15.8 Å². The van der Waals surface area contributed by atoms with Gasteiger partial charge < -0.3 is 5.32 Å². The Morgan fingerprint density at radius 2 is 1.93 bits per heavy atom. The van der Waals surface area contributed by atoms with Gasteiger partial charge in [-0.25, -0.2) is 0 Å². The van der Waals surface area contributed by atoms with E-state index in [0.717, 1.165) is 48.3 Å². The number of fused-ring (bicyclic) bond motifs is 1.